The summed E-state index contributed by atoms with van der Waals surface area (Å²) in [6.45, 7) is 5.38. The van der Waals surface area contributed by atoms with E-state index in [-0.39, 0.29) is 0 Å². The number of anilines is 1. The summed E-state index contributed by atoms with van der Waals surface area (Å²) in [4.78, 5) is 0. The molecule has 0 bridgehead atoms. The zero-order chi connectivity index (χ0) is 14.2. The summed E-state index contributed by atoms with van der Waals surface area (Å²) in [5.74, 6) is 0. The smallest absolute Gasteiger partial charge is 0.0594 e. The number of aryl methyl sites for hydroxylation is 1. The number of benzene rings is 1. The molecule has 112 valence electrons. The van der Waals surface area contributed by atoms with Crippen LogP contribution < -0.4 is 5.32 Å². The summed E-state index contributed by atoms with van der Waals surface area (Å²) in [5.41, 5.74) is 2.71. The zero-order valence-corrected chi connectivity index (χ0v) is 13.0. The van der Waals surface area contributed by atoms with Crippen molar-refractivity contribution in [2.45, 2.75) is 70.9 Å². The van der Waals surface area contributed by atoms with Gasteiger partial charge in [0.25, 0.3) is 0 Å². The van der Waals surface area contributed by atoms with Gasteiger partial charge in [-0.1, -0.05) is 38.8 Å². The maximum atomic E-state index is 5.81. The number of rotatable bonds is 7. The number of hydrogen-bond acceptors (Lipinski definition) is 2. The molecule has 2 nitrogen and oxygen atoms in total. The van der Waals surface area contributed by atoms with Crippen LogP contribution in [0.2, 0.25) is 0 Å². The highest BCUT2D eigenvalue weighted by molar-refractivity contribution is 5.45. The van der Waals surface area contributed by atoms with Crippen LogP contribution in [0.5, 0.6) is 0 Å². The molecule has 0 radical (unpaired) electrons. The van der Waals surface area contributed by atoms with Gasteiger partial charge in [0.1, 0.15) is 0 Å². The Morgan fingerprint density at radius 2 is 1.95 bits per heavy atom. The minimum Gasteiger partial charge on any atom is -0.382 e. The van der Waals surface area contributed by atoms with Crippen LogP contribution in [-0.2, 0) is 11.2 Å². The van der Waals surface area contributed by atoms with Crippen LogP contribution >= 0.6 is 0 Å². The van der Waals surface area contributed by atoms with E-state index in [2.05, 4.69) is 43.4 Å². The fraction of sp³-hybridized carbons (Fsp3) is 0.667. The molecule has 2 atom stereocenters. The number of ether oxygens (including phenoxy) is 1. The summed E-state index contributed by atoms with van der Waals surface area (Å²) in [6.07, 6.45) is 8.87. The molecule has 2 rings (SSSR count). The van der Waals surface area contributed by atoms with E-state index in [9.17, 15) is 0 Å². The molecule has 0 aliphatic carbocycles. The van der Waals surface area contributed by atoms with E-state index in [4.69, 9.17) is 4.74 Å². The van der Waals surface area contributed by atoms with Crippen molar-refractivity contribution in [2.75, 3.05) is 11.9 Å². The topological polar surface area (TPSA) is 21.3 Å². The van der Waals surface area contributed by atoms with Gasteiger partial charge in [0.05, 0.1) is 6.10 Å². The highest BCUT2D eigenvalue weighted by atomic mass is 16.5. The third kappa shape index (κ3) is 4.82. The largest absolute Gasteiger partial charge is 0.382 e. The number of unbranched alkanes of at least 4 members (excludes halogenated alkanes) is 1. The maximum Gasteiger partial charge on any atom is 0.0594 e. The SMILES string of the molecule is CCCCc1ccc(NC2CCOC(CCC)C2)cc1. The summed E-state index contributed by atoms with van der Waals surface area (Å²) in [5, 5.41) is 3.67. The third-order valence-corrected chi connectivity index (χ3v) is 4.12. The van der Waals surface area contributed by atoms with Crippen molar-refractivity contribution < 1.29 is 4.74 Å². The molecule has 0 aromatic heterocycles. The lowest BCUT2D eigenvalue weighted by Gasteiger charge is -2.30. The molecule has 1 saturated heterocycles. The molecule has 1 fully saturated rings. The van der Waals surface area contributed by atoms with E-state index < -0.39 is 0 Å². The van der Waals surface area contributed by atoms with E-state index in [0.29, 0.717) is 12.1 Å². The van der Waals surface area contributed by atoms with Gasteiger partial charge in [-0.3, -0.25) is 0 Å². The normalized spacial score (nSPS) is 22.7. The van der Waals surface area contributed by atoms with Crippen molar-refractivity contribution in [1.29, 1.82) is 0 Å². The minimum atomic E-state index is 0.454. The second-order valence-corrected chi connectivity index (χ2v) is 5.95. The van der Waals surface area contributed by atoms with Crippen molar-refractivity contribution in [3.8, 4) is 0 Å². The van der Waals surface area contributed by atoms with Gasteiger partial charge < -0.3 is 10.1 Å². The zero-order valence-electron chi connectivity index (χ0n) is 13.0. The molecule has 1 heterocycles. The molecule has 1 aromatic rings. The maximum absolute atomic E-state index is 5.81. The molecule has 0 spiro atoms. The Balaban J connectivity index is 1.83. The first-order chi connectivity index (χ1) is 9.81. The predicted molar refractivity (Wildman–Crippen MR) is 86.3 cm³/mol. The Bertz CT molecular complexity index is 372. The summed E-state index contributed by atoms with van der Waals surface area (Å²) < 4.78 is 5.81. The van der Waals surface area contributed by atoms with Gasteiger partial charge in [-0.05, 0) is 49.8 Å². The lowest BCUT2D eigenvalue weighted by atomic mass is 9.99. The van der Waals surface area contributed by atoms with Gasteiger partial charge in [-0.2, -0.15) is 0 Å². The summed E-state index contributed by atoms with van der Waals surface area (Å²) in [6, 6.07) is 9.56. The fourth-order valence-electron chi connectivity index (χ4n) is 2.92. The van der Waals surface area contributed by atoms with Crippen molar-refractivity contribution in [3.63, 3.8) is 0 Å². The summed E-state index contributed by atoms with van der Waals surface area (Å²) >= 11 is 0. The second-order valence-electron chi connectivity index (χ2n) is 5.95. The molecule has 1 aliphatic rings. The van der Waals surface area contributed by atoms with Crippen molar-refractivity contribution >= 4 is 5.69 Å². The van der Waals surface area contributed by atoms with Gasteiger partial charge in [0, 0.05) is 18.3 Å². The monoisotopic (exact) mass is 275 g/mol. The van der Waals surface area contributed by atoms with Crippen LogP contribution in [0.1, 0.15) is 57.9 Å². The Morgan fingerprint density at radius 3 is 2.65 bits per heavy atom. The van der Waals surface area contributed by atoms with Crippen LogP contribution in [0.15, 0.2) is 24.3 Å². The van der Waals surface area contributed by atoms with Crippen molar-refractivity contribution in [1.82, 2.24) is 0 Å². The molecule has 1 aliphatic heterocycles. The summed E-state index contributed by atoms with van der Waals surface area (Å²) in [7, 11) is 0. The van der Waals surface area contributed by atoms with Gasteiger partial charge in [0.15, 0.2) is 0 Å². The van der Waals surface area contributed by atoms with Crippen LogP contribution in [0.3, 0.4) is 0 Å². The Hall–Kier alpha value is -1.02. The average molecular weight is 275 g/mol. The molecule has 20 heavy (non-hydrogen) atoms. The first kappa shape index (κ1) is 15.4. The molecule has 0 amide bonds. The van der Waals surface area contributed by atoms with Crippen LogP contribution in [-0.4, -0.2) is 18.8 Å². The Labute approximate surface area is 123 Å². The molecular weight excluding hydrogens is 246 g/mol. The highest BCUT2D eigenvalue weighted by Gasteiger charge is 2.21. The molecule has 1 N–H and O–H groups in total. The van der Waals surface area contributed by atoms with E-state index in [1.807, 2.05) is 0 Å². The molecule has 1 aromatic carbocycles. The third-order valence-electron chi connectivity index (χ3n) is 4.12. The molecule has 2 heteroatoms. The Morgan fingerprint density at radius 1 is 1.15 bits per heavy atom. The van der Waals surface area contributed by atoms with E-state index >= 15 is 0 Å². The quantitative estimate of drug-likeness (QED) is 0.772. The van der Waals surface area contributed by atoms with Gasteiger partial charge in [-0.25, -0.2) is 0 Å². The standard InChI is InChI=1S/C18H29NO/c1-3-5-7-15-8-10-16(11-9-15)19-17-12-13-20-18(14-17)6-4-2/h8-11,17-19H,3-7,12-14H2,1-2H3. The number of nitrogens with one attached hydrogen (secondary N) is 1. The lowest BCUT2D eigenvalue weighted by molar-refractivity contribution is 0.00598. The lowest BCUT2D eigenvalue weighted by Crippen LogP contribution is -2.33. The first-order valence-corrected chi connectivity index (χ1v) is 8.29. The van der Waals surface area contributed by atoms with E-state index in [1.165, 1.54) is 43.4 Å². The van der Waals surface area contributed by atoms with Crippen LogP contribution in [0.4, 0.5) is 5.69 Å². The van der Waals surface area contributed by atoms with E-state index in [0.717, 1.165) is 19.4 Å². The molecule has 2 unspecified atom stereocenters. The van der Waals surface area contributed by atoms with E-state index in [1.54, 1.807) is 0 Å². The second kappa shape index (κ2) is 8.31. The first-order valence-electron chi connectivity index (χ1n) is 8.29. The van der Waals surface area contributed by atoms with Gasteiger partial charge >= 0.3 is 0 Å². The van der Waals surface area contributed by atoms with Gasteiger partial charge in [0.2, 0.25) is 0 Å². The minimum absolute atomic E-state index is 0.454. The molecule has 0 saturated carbocycles. The molecular formula is C18H29NO. The average Bonchev–Trinajstić information content (AvgIpc) is 2.47. The Kier molecular flexibility index (Phi) is 6.38. The van der Waals surface area contributed by atoms with Gasteiger partial charge in [-0.15, -0.1) is 0 Å². The van der Waals surface area contributed by atoms with Crippen LogP contribution in [0.25, 0.3) is 0 Å². The highest BCUT2D eigenvalue weighted by Crippen LogP contribution is 2.22. The van der Waals surface area contributed by atoms with Crippen LogP contribution in [0, 0.1) is 0 Å². The fourth-order valence-corrected chi connectivity index (χ4v) is 2.92. The van der Waals surface area contributed by atoms with Crippen molar-refractivity contribution in [2.24, 2.45) is 0 Å². The number of hydrogen-bond donors (Lipinski definition) is 1. The predicted octanol–water partition coefficient (Wildman–Crippen LogP) is 4.79. The van der Waals surface area contributed by atoms with Crippen molar-refractivity contribution in [3.05, 3.63) is 29.8 Å².